The van der Waals surface area contributed by atoms with Crippen molar-refractivity contribution in [1.29, 1.82) is 0 Å². The first-order chi connectivity index (χ1) is 10.1. The van der Waals surface area contributed by atoms with E-state index in [-0.39, 0.29) is 24.9 Å². The third-order valence-corrected chi connectivity index (χ3v) is 3.15. The Bertz CT molecular complexity index is 649. The fourth-order valence-corrected chi connectivity index (χ4v) is 2.01. The van der Waals surface area contributed by atoms with Gasteiger partial charge in [0, 0.05) is 12.1 Å². The van der Waals surface area contributed by atoms with Gasteiger partial charge in [0.1, 0.15) is 0 Å². The highest BCUT2D eigenvalue weighted by molar-refractivity contribution is 6.03. The number of hydrogen-bond donors (Lipinski definition) is 3. The molecule has 1 heterocycles. The first-order valence-corrected chi connectivity index (χ1v) is 6.70. The van der Waals surface area contributed by atoms with Crippen LogP contribution in [0, 0.1) is 6.92 Å². The maximum atomic E-state index is 12.2. The van der Waals surface area contributed by atoms with Crippen LogP contribution in [-0.4, -0.2) is 21.1 Å². The maximum absolute atomic E-state index is 12.2. The van der Waals surface area contributed by atoms with Crippen LogP contribution in [-0.2, 0) is 19.6 Å². The van der Waals surface area contributed by atoms with Crippen molar-refractivity contribution in [1.82, 2.24) is 4.98 Å². The molecule has 0 bridgehead atoms. The zero-order chi connectivity index (χ0) is 15.4. The van der Waals surface area contributed by atoms with Gasteiger partial charge >= 0.3 is 0 Å². The lowest BCUT2D eigenvalue weighted by Crippen LogP contribution is -2.12. The molecule has 21 heavy (non-hydrogen) atoms. The number of nitrogens with zero attached hydrogens (tertiary/aromatic N) is 1. The molecule has 2 aromatic rings. The fraction of sp³-hybridized carbons (Fsp3) is 0.333. The largest absolute Gasteiger partial charge is 0.435 e. The van der Waals surface area contributed by atoms with Gasteiger partial charge in [0.25, 0.3) is 5.91 Å². The molecule has 6 heteroatoms. The lowest BCUT2D eigenvalue weighted by atomic mass is 10.1. The number of aryl methyl sites for hydroxylation is 2. The summed E-state index contributed by atoms with van der Waals surface area (Å²) in [5.41, 5.74) is 2.26. The van der Waals surface area contributed by atoms with E-state index in [1.165, 1.54) is 0 Å². The minimum atomic E-state index is -0.389. The number of aliphatic hydroxyl groups excluding tert-OH is 2. The fourth-order valence-electron chi connectivity index (χ4n) is 2.01. The molecular formula is C15H18N2O4. The van der Waals surface area contributed by atoms with Crippen molar-refractivity contribution in [3.05, 3.63) is 46.7 Å². The molecule has 1 aromatic carbocycles. The van der Waals surface area contributed by atoms with Crippen LogP contribution in [0.5, 0.6) is 0 Å². The monoisotopic (exact) mass is 290 g/mol. The van der Waals surface area contributed by atoms with Gasteiger partial charge in [-0.2, -0.15) is 0 Å². The van der Waals surface area contributed by atoms with E-state index < -0.39 is 0 Å². The number of anilines is 1. The molecule has 0 fully saturated rings. The number of hydrogen-bond acceptors (Lipinski definition) is 5. The van der Waals surface area contributed by atoms with Crippen molar-refractivity contribution < 1.29 is 19.4 Å². The Morgan fingerprint density at radius 1 is 1.29 bits per heavy atom. The molecule has 0 saturated heterocycles. The van der Waals surface area contributed by atoms with Gasteiger partial charge in [0.2, 0.25) is 5.76 Å². The van der Waals surface area contributed by atoms with Gasteiger partial charge < -0.3 is 19.9 Å². The van der Waals surface area contributed by atoms with Crippen molar-refractivity contribution in [2.45, 2.75) is 33.5 Å². The minimum absolute atomic E-state index is 0.162. The van der Waals surface area contributed by atoms with E-state index >= 15 is 0 Å². The third-order valence-electron chi connectivity index (χ3n) is 3.15. The first-order valence-electron chi connectivity index (χ1n) is 6.70. The van der Waals surface area contributed by atoms with Crippen LogP contribution < -0.4 is 5.32 Å². The molecule has 0 aliphatic heterocycles. The van der Waals surface area contributed by atoms with E-state index in [2.05, 4.69) is 10.3 Å². The molecule has 112 valence electrons. The third kappa shape index (κ3) is 3.29. The van der Waals surface area contributed by atoms with Gasteiger partial charge in [-0.15, -0.1) is 0 Å². The van der Waals surface area contributed by atoms with Crippen molar-refractivity contribution in [3.8, 4) is 0 Å². The van der Waals surface area contributed by atoms with Crippen LogP contribution in [0.25, 0.3) is 0 Å². The Hall–Kier alpha value is -2.18. The molecule has 1 amide bonds. The Balaban J connectivity index is 2.21. The second kappa shape index (κ2) is 6.51. The number of carbonyl (C=O) groups is 1. The number of carbonyl (C=O) groups excluding carboxylic acids is 1. The van der Waals surface area contributed by atoms with Gasteiger partial charge in [-0.05, 0) is 30.2 Å². The number of nitrogens with one attached hydrogen (secondary N) is 1. The standard InChI is InChI=1S/C15H18N2O4/c1-3-13-16-9(2)14(21-13)15(20)17-12-5-4-10(7-18)11(6-12)8-19/h4-6,18-19H,3,7-8H2,1-2H3,(H,17,20). The van der Waals surface area contributed by atoms with Gasteiger partial charge in [0.05, 0.1) is 18.9 Å². The lowest BCUT2D eigenvalue weighted by Gasteiger charge is -2.09. The van der Waals surface area contributed by atoms with Crippen LogP contribution in [0.3, 0.4) is 0 Å². The normalized spacial score (nSPS) is 10.7. The Labute approximate surface area is 122 Å². The molecule has 0 spiro atoms. The molecule has 6 nitrogen and oxygen atoms in total. The number of benzene rings is 1. The quantitative estimate of drug-likeness (QED) is 0.780. The molecule has 0 aliphatic rings. The molecule has 3 N–H and O–H groups in total. The average molecular weight is 290 g/mol. The zero-order valence-corrected chi connectivity index (χ0v) is 12.0. The Morgan fingerprint density at radius 2 is 2.00 bits per heavy atom. The van der Waals surface area contributed by atoms with Crippen molar-refractivity contribution >= 4 is 11.6 Å². The molecule has 1 aromatic heterocycles. The second-order valence-electron chi connectivity index (χ2n) is 4.63. The van der Waals surface area contributed by atoms with Gasteiger partial charge in [-0.3, -0.25) is 4.79 Å². The van der Waals surface area contributed by atoms with Gasteiger partial charge in [-0.25, -0.2) is 4.98 Å². The summed E-state index contributed by atoms with van der Waals surface area (Å²) in [6.07, 6.45) is 0.619. The summed E-state index contributed by atoms with van der Waals surface area (Å²) >= 11 is 0. The van der Waals surface area contributed by atoms with Crippen molar-refractivity contribution in [2.24, 2.45) is 0 Å². The number of aliphatic hydroxyl groups is 2. The Kier molecular flexibility index (Phi) is 4.72. The zero-order valence-electron chi connectivity index (χ0n) is 12.0. The molecule has 2 rings (SSSR count). The first kappa shape index (κ1) is 15.2. The van der Waals surface area contributed by atoms with Crippen LogP contribution in [0.1, 0.15) is 40.2 Å². The highest BCUT2D eigenvalue weighted by Gasteiger charge is 2.17. The number of aromatic nitrogens is 1. The summed E-state index contributed by atoms with van der Waals surface area (Å²) in [6, 6.07) is 4.94. The Morgan fingerprint density at radius 3 is 2.57 bits per heavy atom. The topological polar surface area (TPSA) is 95.6 Å². The van der Waals surface area contributed by atoms with E-state index in [4.69, 9.17) is 9.52 Å². The van der Waals surface area contributed by atoms with E-state index in [0.717, 1.165) is 0 Å². The van der Waals surface area contributed by atoms with Crippen LogP contribution >= 0.6 is 0 Å². The van der Waals surface area contributed by atoms with Gasteiger partial charge in [-0.1, -0.05) is 13.0 Å². The van der Waals surface area contributed by atoms with Crippen LogP contribution in [0.4, 0.5) is 5.69 Å². The smallest absolute Gasteiger partial charge is 0.293 e. The molecule has 0 unspecified atom stereocenters. The minimum Gasteiger partial charge on any atom is -0.435 e. The predicted molar refractivity (Wildman–Crippen MR) is 76.9 cm³/mol. The number of amides is 1. The van der Waals surface area contributed by atoms with Gasteiger partial charge in [0.15, 0.2) is 5.89 Å². The molecule has 0 radical (unpaired) electrons. The summed E-state index contributed by atoms with van der Waals surface area (Å²) < 4.78 is 5.39. The lowest BCUT2D eigenvalue weighted by molar-refractivity contribution is 0.0994. The average Bonchev–Trinajstić information content (AvgIpc) is 2.88. The van der Waals surface area contributed by atoms with E-state index in [0.29, 0.717) is 34.8 Å². The summed E-state index contributed by atoms with van der Waals surface area (Å²) in [4.78, 5) is 16.3. The van der Waals surface area contributed by atoms with Crippen molar-refractivity contribution in [3.63, 3.8) is 0 Å². The second-order valence-corrected chi connectivity index (χ2v) is 4.63. The number of oxazole rings is 1. The highest BCUT2D eigenvalue weighted by Crippen LogP contribution is 2.18. The van der Waals surface area contributed by atoms with E-state index in [1.807, 2.05) is 6.92 Å². The van der Waals surface area contributed by atoms with Crippen molar-refractivity contribution in [2.75, 3.05) is 5.32 Å². The molecule has 0 atom stereocenters. The molecule has 0 saturated carbocycles. The maximum Gasteiger partial charge on any atom is 0.293 e. The SMILES string of the molecule is CCc1nc(C)c(C(=O)Nc2ccc(CO)c(CO)c2)o1. The molecule has 0 aliphatic carbocycles. The number of rotatable bonds is 5. The molecular weight excluding hydrogens is 272 g/mol. The highest BCUT2D eigenvalue weighted by atomic mass is 16.4. The van der Waals surface area contributed by atoms with Crippen LogP contribution in [0.15, 0.2) is 22.6 Å². The summed E-state index contributed by atoms with van der Waals surface area (Å²) in [7, 11) is 0. The summed E-state index contributed by atoms with van der Waals surface area (Å²) in [5, 5.41) is 21.1. The van der Waals surface area contributed by atoms with E-state index in [1.54, 1.807) is 25.1 Å². The van der Waals surface area contributed by atoms with E-state index in [9.17, 15) is 9.90 Å². The summed E-state index contributed by atoms with van der Waals surface area (Å²) in [5.74, 6) is 0.313. The summed E-state index contributed by atoms with van der Waals surface area (Å²) in [6.45, 7) is 3.24. The van der Waals surface area contributed by atoms with Crippen LogP contribution in [0.2, 0.25) is 0 Å². The predicted octanol–water partition coefficient (Wildman–Crippen LogP) is 1.78.